The number of rotatable bonds is 6. The summed E-state index contributed by atoms with van der Waals surface area (Å²) in [5, 5.41) is 12.8. The second-order valence-corrected chi connectivity index (χ2v) is 7.78. The molecule has 2 aliphatic heterocycles. The maximum Gasteiger partial charge on any atom is 0.251 e. The van der Waals surface area contributed by atoms with Crippen molar-refractivity contribution in [2.45, 2.75) is 57.8 Å². The van der Waals surface area contributed by atoms with Crippen molar-refractivity contribution in [3.05, 3.63) is 24.3 Å². The van der Waals surface area contributed by atoms with E-state index in [0.717, 1.165) is 6.42 Å². The first-order valence-corrected chi connectivity index (χ1v) is 9.62. The zero-order valence-electron chi connectivity index (χ0n) is 16.5. The van der Waals surface area contributed by atoms with Crippen molar-refractivity contribution in [1.82, 2.24) is 25.1 Å². The van der Waals surface area contributed by atoms with Crippen LogP contribution >= 0.6 is 0 Å². The molecule has 0 saturated carbocycles. The molecule has 2 fully saturated rings. The van der Waals surface area contributed by atoms with Crippen molar-refractivity contribution in [3.8, 4) is 0 Å². The van der Waals surface area contributed by atoms with Gasteiger partial charge in [0, 0.05) is 24.9 Å². The molecule has 9 nitrogen and oxygen atoms in total. The SMILES string of the molecule is CC(C)C(=O)N1CCCC12CN([C@H](C(=O)NCc1ncccn1)[C@@H](C)O)C2=O. The number of aromatic nitrogens is 2. The summed E-state index contributed by atoms with van der Waals surface area (Å²) in [4.78, 5) is 49.4. The second-order valence-electron chi connectivity index (χ2n) is 7.78. The number of carbonyl (C=O) groups excluding carboxylic acids is 3. The zero-order valence-corrected chi connectivity index (χ0v) is 16.5. The van der Waals surface area contributed by atoms with Crippen molar-refractivity contribution in [1.29, 1.82) is 0 Å². The number of amides is 3. The van der Waals surface area contributed by atoms with Crippen molar-refractivity contribution >= 4 is 17.7 Å². The molecule has 9 heteroatoms. The number of aliphatic hydroxyl groups is 1. The molecule has 1 unspecified atom stereocenters. The highest BCUT2D eigenvalue weighted by Crippen LogP contribution is 2.41. The van der Waals surface area contributed by atoms with E-state index in [2.05, 4.69) is 15.3 Å². The quantitative estimate of drug-likeness (QED) is 0.646. The lowest BCUT2D eigenvalue weighted by atomic mass is 9.82. The molecular weight excluding hydrogens is 362 g/mol. The summed E-state index contributed by atoms with van der Waals surface area (Å²) >= 11 is 0. The Labute approximate surface area is 164 Å². The maximum absolute atomic E-state index is 13.1. The van der Waals surface area contributed by atoms with Crippen LogP contribution in [0.15, 0.2) is 18.5 Å². The third kappa shape index (κ3) is 3.46. The van der Waals surface area contributed by atoms with Gasteiger partial charge < -0.3 is 20.2 Å². The Bertz CT molecular complexity index is 754. The molecule has 28 heavy (non-hydrogen) atoms. The number of hydrogen-bond donors (Lipinski definition) is 2. The first kappa shape index (κ1) is 20.2. The lowest BCUT2D eigenvalue weighted by molar-refractivity contribution is -0.177. The normalized spacial score (nSPS) is 23.7. The van der Waals surface area contributed by atoms with E-state index in [1.807, 2.05) is 13.8 Å². The van der Waals surface area contributed by atoms with Crippen LogP contribution in [0.3, 0.4) is 0 Å². The standard InChI is InChI=1S/C19H27N5O4/c1-12(2)17(27)24-9-4-6-19(24)11-23(18(19)28)15(13(3)25)16(26)22-10-14-20-7-5-8-21-14/h5,7-8,12-13,15,25H,4,6,9-11H2,1-3H3,(H,22,26)/t13-,15+,19?/m1/s1. The highest BCUT2D eigenvalue weighted by atomic mass is 16.3. The Hall–Kier alpha value is -2.55. The monoisotopic (exact) mass is 389 g/mol. The third-order valence-electron chi connectivity index (χ3n) is 5.44. The van der Waals surface area contributed by atoms with Crippen LogP contribution in [0.25, 0.3) is 0 Å². The molecular formula is C19H27N5O4. The largest absolute Gasteiger partial charge is 0.391 e. The minimum absolute atomic E-state index is 0.0511. The summed E-state index contributed by atoms with van der Waals surface area (Å²) < 4.78 is 0. The molecule has 152 valence electrons. The summed E-state index contributed by atoms with van der Waals surface area (Å²) in [5.41, 5.74) is -0.864. The number of nitrogens with one attached hydrogen (secondary N) is 1. The summed E-state index contributed by atoms with van der Waals surface area (Å²) in [6, 6.07) is 0.659. The predicted molar refractivity (Wildman–Crippen MR) is 99.6 cm³/mol. The van der Waals surface area contributed by atoms with E-state index in [9.17, 15) is 19.5 Å². The number of aliphatic hydroxyl groups excluding tert-OH is 1. The molecule has 2 N–H and O–H groups in total. The Balaban J connectivity index is 1.70. The molecule has 0 aromatic carbocycles. The fourth-order valence-electron chi connectivity index (χ4n) is 4.03. The zero-order chi connectivity index (χ0) is 20.5. The Morgan fingerprint density at radius 1 is 1.29 bits per heavy atom. The molecule has 0 aliphatic carbocycles. The second kappa shape index (κ2) is 7.83. The van der Waals surface area contributed by atoms with Crippen LogP contribution in [0.2, 0.25) is 0 Å². The molecule has 3 heterocycles. The molecule has 1 spiro atoms. The van der Waals surface area contributed by atoms with E-state index in [0.29, 0.717) is 18.8 Å². The fourth-order valence-corrected chi connectivity index (χ4v) is 4.03. The van der Waals surface area contributed by atoms with Gasteiger partial charge in [0.15, 0.2) is 0 Å². The maximum atomic E-state index is 13.1. The van der Waals surface area contributed by atoms with Gasteiger partial charge in [0.05, 0.1) is 19.2 Å². The van der Waals surface area contributed by atoms with E-state index in [1.54, 1.807) is 23.4 Å². The van der Waals surface area contributed by atoms with Gasteiger partial charge in [-0.1, -0.05) is 13.8 Å². The van der Waals surface area contributed by atoms with Gasteiger partial charge in [0.25, 0.3) is 5.91 Å². The molecule has 1 aromatic heterocycles. The van der Waals surface area contributed by atoms with Gasteiger partial charge in [-0.05, 0) is 25.8 Å². The minimum atomic E-state index is -1.05. The van der Waals surface area contributed by atoms with Crippen LogP contribution in [-0.2, 0) is 20.9 Å². The van der Waals surface area contributed by atoms with Crippen LogP contribution in [-0.4, -0.2) is 73.4 Å². The molecule has 3 amide bonds. The average Bonchev–Trinajstić information content (AvgIpc) is 3.12. The summed E-state index contributed by atoms with van der Waals surface area (Å²) in [6.45, 7) is 6.02. The van der Waals surface area contributed by atoms with Crippen LogP contribution in [0.4, 0.5) is 0 Å². The number of nitrogens with zero attached hydrogens (tertiary/aromatic N) is 4. The molecule has 3 atom stereocenters. The van der Waals surface area contributed by atoms with Crippen LogP contribution in [0.1, 0.15) is 39.4 Å². The number of likely N-dealkylation sites (tertiary alicyclic amines) is 2. The first-order valence-electron chi connectivity index (χ1n) is 9.62. The van der Waals surface area contributed by atoms with Crippen LogP contribution in [0.5, 0.6) is 0 Å². The van der Waals surface area contributed by atoms with Crippen molar-refractivity contribution < 1.29 is 19.5 Å². The highest BCUT2D eigenvalue weighted by Gasteiger charge is 2.62. The molecule has 0 radical (unpaired) electrons. The summed E-state index contributed by atoms with van der Waals surface area (Å²) in [7, 11) is 0. The molecule has 3 rings (SSSR count). The smallest absolute Gasteiger partial charge is 0.251 e. The van der Waals surface area contributed by atoms with E-state index >= 15 is 0 Å². The van der Waals surface area contributed by atoms with E-state index in [1.165, 1.54) is 11.8 Å². The lowest BCUT2D eigenvalue weighted by Gasteiger charge is -2.54. The Kier molecular flexibility index (Phi) is 5.64. The van der Waals surface area contributed by atoms with Gasteiger partial charge in [-0.3, -0.25) is 14.4 Å². The molecule has 2 saturated heterocycles. The highest BCUT2D eigenvalue weighted by molar-refractivity contribution is 6.00. The van der Waals surface area contributed by atoms with Crippen molar-refractivity contribution in [3.63, 3.8) is 0 Å². The Morgan fingerprint density at radius 3 is 2.54 bits per heavy atom. The third-order valence-corrected chi connectivity index (χ3v) is 5.44. The molecule has 2 aliphatic rings. The van der Waals surface area contributed by atoms with Gasteiger partial charge in [0.2, 0.25) is 11.8 Å². The Morgan fingerprint density at radius 2 is 1.96 bits per heavy atom. The van der Waals surface area contributed by atoms with Crippen molar-refractivity contribution in [2.24, 2.45) is 5.92 Å². The summed E-state index contributed by atoms with van der Waals surface area (Å²) in [6.07, 6.45) is 3.45. The minimum Gasteiger partial charge on any atom is -0.391 e. The van der Waals surface area contributed by atoms with E-state index in [4.69, 9.17) is 0 Å². The number of β-lactam (4-membered cyclic amide) rings is 1. The molecule has 1 aromatic rings. The van der Waals surface area contributed by atoms with Crippen LogP contribution < -0.4 is 5.32 Å². The first-order chi connectivity index (χ1) is 13.3. The molecule has 0 bridgehead atoms. The topological polar surface area (TPSA) is 116 Å². The summed E-state index contributed by atoms with van der Waals surface area (Å²) in [5.74, 6) is -0.541. The lowest BCUT2D eigenvalue weighted by Crippen LogP contribution is -2.77. The average molecular weight is 389 g/mol. The van der Waals surface area contributed by atoms with Gasteiger partial charge >= 0.3 is 0 Å². The van der Waals surface area contributed by atoms with Gasteiger partial charge in [0.1, 0.15) is 17.4 Å². The van der Waals surface area contributed by atoms with Gasteiger partial charge in [-0.15, -0.1) is 0 Å². The van der Waals surface area contributed by atoms with E-state index < -0.39 is 23.6 Å². The van der Waals surface area contributed by atoms with Crippen LogP contribution in [0, 0.1) is 5.92 Å². The number of carbonyl (C=O) groups is 3. The van der Waals surface area contributed by atoms with Gasteiger partial charge in [-0.2, -0.15) is 0 Å². The van der Waals surface area contributed by atoms with E-state index in [-0.39, 0.29) is 30.8 Å². The van der Waals surface area contributed by atoms with Crippen molar-refractivity contribution in [2.75, 3.05) is 13.1 Å². The number of hydrogen-bond acceptors (Lipinski definition) is 6. The fraction of sp³-hybridized carbons (Fsp3) is 0.632. The van der Waals surface area contributed by atoms with Gasteiger partial charge in [-0.25, -0.2) is 9.97 Å². The predicted octanol–water partition coefficient (Wildman–Crippen LogP) is -0.298.